The molecule has 0 aliphatic carbocycles. The molecule has 0 atom stereocenters. The molecule has 4 N–H and O–H groups in total. The maximum absolute atomic E-state index is 8.91. The summed E-state index contributed by atoms with van der Waals surface area (Å²) in [4.78, 5) is 15.8. The fraction of sp³-hybridized carbons (Fsp3) is 0.154. The molecule has 0 bridgehead atoms. The van der Waals surface area contributed by atoms with E-state index < -0.39 is 0 Å². The molecule has 0 saturated carbocycles. The van der Waals surface area contributed by atoms with E-state index in [-0.39, 0.29) is 6.61 Å². The number of rotatable bonds is 5. The molecule has 2 heterocycles. The Balaban J connectivity index is 1.94. The van der Waals surface area contributed by atoms with Gasteiger partial charge in [0.15, 0.2) is 11.5 Å². The molecule has 3 rings (SSSR count). The molecule has 0 aliphatic heterocycles. The quantitative estimate of drug-likeness (QED) is 0.561. The zero-order valence-corrected chi connectivity index (χ0v) is 10.7. The van der Waals surface area contributed by atoms with Crippen molar-refractivity contribution in [2.75, 3.05) is 23.8 Å². The Hall–Kier alpha value is -2.67. The van der Waals surface area contributed by atoms with Gasteiger partial charge in [0, 0.05) is 12.2 Å². The zero-order valence-electron chi connectivity index (χ0n) is 10.7. The number of aromatic nitrogens is 4. The summed E-state index contributed by atoms with van der Waals surface area (Å²) in [5.41, 5.74) is 2.19. The van der Waals surface area contributed by atoms with Crippen molar-refractivity contribution in [2.24, 2.45) is 0 Å². The number of fused-ring (bicyclic) bond motifs is 1. The summed E-state index contributed by atoms with van der Waals surface area (Å²) >= 11 is 0. The van der Waals surface area contributed by atoms with E-state index in [9.17, 15) is 0 Å². The van der Waals surface area contributed by atoms with E-state index in [1.165, 1.54) is 0 Å². The van der Waals surface area contributed by atoms with Crippen LogP contribution >= 0.6 is 0 Å². The molecule has 3 aromatic rings. The normalized spacial score (nSPS) is 10.7. The third-order valence-electron chi connectivity index (χ3n) is 2.72. The first kappa shape index (κ1) is 12.4. The maximum atomic E-state index is 8.91. The van der Waals surface area contributed by atoms with Crippen LogP contribution in [0, 0.1) is 0 Å². The summed E-state index contributed by atoms with van der Waals surface area (Å²) < 4.78 is 0. The van der Waals surface area contributed by atoms with Crippen molar-refractivity contribution in [1.29, 1.82) is 0 Å². The predicted octanol–water partition coefficient (Wildman–Crippen LogP) is 1.50. The van der Waals surface area contributed by atoms with E-state index in [0.717, 1.165) is 11.2 Å². The molecule has 2 aromatic heterocycles. The molecule has 0 amide bonds. The minimum atomic E-state index is 0.0288. The second-order valence-electron chi connectivity index (χ2n) is 4.14. The lowest BCUT2D eigenvalue weighted by atomic mass is 10.3. The molecule has 0 saturated heterocycles. The van der Waals surface area contributed by atoms with Crippen LogP contribution in [0.3, 0.4) is 0 Å². The summed E-state index contributed by atoms with van der Waals surface area (Å²) in [7, 11) is 0. The number of imidazole rings is 1. The maximum Gasteiger partial charge on any atom is 0.231 e. The summed E-state index contributed by atoms with van der Waals surface area (Å²) in [5, 5.41) is 15.1. The van der Waals surface area contributed by atoms with Crippen molar-refractivity contribution < 1.29 is 5.11 Å². The van der Waals surface area contributed by atoms with E-state index in [1.807, 2.05) is 30.3 Å². The summed E-state index contributed by atoms with van der Waals surface area (Å²) in [6.45, 7) is 0.441. The Morgan fingerprint density at radius 3 is 2.80 bits per heavy atom. The average Bonchev–Trinajstić information content (AvgIpc) is 2.94. The topological polar surface area (TPSA) is 98.8 Å². The van der Waals surface area contributed by atoms with Gasteiger partial charge < -0.3 is 20.7 Å². The lowest BCUT2D eigenvalue weighted by Gasteiger charge is -2.08. The van der Waals surface area contributed by atoms with Crippen LogP contribution in [-0.4, -0.2) is 38.2 Å². The average molecular weight is 270 g/mol. The van der Waals surface area contributed by atoms with Crippen molar-refractivity contribution in [1.82, 2.24) is 19.9 Å². The van der Waals surface area contributed by atoms with Gasteiger partial charge in [0.1, 0.15) is 5.52 Å². The van der Waals surface area contributed by atoms with E-state index in [0.29, 0.717) is 24.0 Å². The fourth-order valence-corrected chi connectivity index (χ4v) is 1.84. The predicted molar refractivity (Wildman–Crippen MR) is 77.0 cm³/mol. The van der Waals surface area contributed by atoms with Crippen molar-refractivity contribution >= 4 is 28.6 Å². The molecule has 7 nitrogen and oxygen atoms in total. The minimum absolute atomic E-state index is 0.0288. The number of hydrogen-bond donors (Lipinski definition) is 4. The molecular weight excluding hydrogens is 256 g/mol. The van der Waals surface area contributed by atoms with Gasteiger partial charge >= 0.3 is 0 Å². The van der Waals surface area contributed by atoms with E-state index in [2.05, 4.69) is 30.6 Å². The Bertz CT molecular complexity index is 696. The Labute approximate surface area is 115 Å². The highest BCUT2D eigenvalue weighted by Crippen LogP contribution is 2.20. The summed E-state index contributed by atoms with van der Waals surface area (Å²) in [6, 6.07) is 9.66. The van der Waals surface area contributed by atoms with Gasteiger partial charge in [-0.2, -0.15) is 9.97 Å². The van der Waals surface area contributed by atoms with Crippen LogP contribution in [-0.2, 0) is 0 Å². The number of nitrogens with one attached hydrogen (secondary N) is 3. The van der Waals surface area contributed by atoms with Gasteiger partial charge in [-0.3, -0.25) is 0 Å². The van der Waals surface area contributed by atoms with Crippen molar-refractivity contribution in [2.45, 2.75) is 0 Å². The number of nitrogens with zero attached hydrogens (tertiary/aromatic N) is 3. The Morgan fingerprint density at radius 1 is 1.15 bits per heavy atom. The van der Waals surface area contributed by atoms with E-state index >= 15 is 0 Å². The molecule has 1 aromatic carbocycles. The second kappa shape index (κ2) is 5.54. The summed E-state index contributed by atoms with van der Waals surface area (Å²) in [6.07, 6.45) is 1.57. The Kier molecular flexibility index (Phi) is 3.42. The first-order valence-corrected chi connectivity index (χ1v) is 6.25. The van der Waals surface area contributed by atoms with Gasteiger partial charge in [-0.1, -0.05) is 18.2 Å². The molecule has 0 aliphatic rings. The summed E-state index contributed by atoms with van der Waals surface area (Å²) in [5.74, 6) is 1.07. The van der Waals surface area contributed by atoms with Crippen molar-refractivity contribution in [3.05, 3.63) is 36.7 Å². The molecule has 0 fully saturated rings. The van der Waals surface area contributed by atoms with Gasteiger partial charge in [-0.15, -0.1) is 0 Å². The molecule has 7 heteroatoms. The van der Waals surface area contributed by atoms with Gasteiger partial charge in [0.2, 0.25) is 5.95 Å². The number of H-pyrrole nitrogens is 1. The van der Waals surface area contributed by atoms with Gasteiger partial charge in [-0.05, 0) is 12.1 Å². The zero-order chi connectivity index (χ0) is 13.8. The van der Waals surface area contributed by atoms with Crippen LogP contribution in [0.2, 0.25) is 0 Å². The molecule has 0 radical (unpaired) electrons. The lowest BCUT2D eigenvalue weighted by molar-refractivity contribution is 0.311. The van der Waals surface area contributed by atoms with Crippen LogP contribution in [0.5, 0.6) is 0 Å². The number of para-hydroxylation sites is 1. The van der Waals surface area contributed by atoms with Crippen molar-refractivity contribution in [3.63, 3.8) is 0 Å². The first-order chi connectivity index (χ1) is 9.86. The molecule has 102 valence electrons. The van der Waals surface area contributed by atoms with Crippen LogP contribution in [0.4, 0.5) is 17.5 Å². The van der Waals surface area contributed by atoms with Crippen molar-refractivity contribution in [3.8, 4) is 0 Å². The third kappa shape index (κ3) is 2.52. The van der Waals surface area contributed by atoms with Crippen LogP contribution < -0.4 is 10.6 Å². The van der Waals surface area contributed by atoms with Gasteiger partial charge in [0.05, 0.1) is 12.9 Å². The van der Waals surface area contributed by atoms with Crippen LogP contribution in [0.15, 0.2) is 36.7 Å². The van der Waals surface area contributed by atoms with Gasteiger partial charge in [-0.25, -0.2) is 4.98 Å². The largest absolute Gasteiger partial charge is 0.395 e. The SMILES string of the molecule is OCCNc1nc(Nc2ccccc2)nc2nc[nH]c12. The number of hydrogen-bond acceptors (Lipinski definition) is 6. The highest BCUT2D eigenvalue weighted by Gasteiger charge is 2.09. The first-order valence-electron chi connectivity index (χ1n) is 6.25. The number of aliphatic hydroxyl groups is 1. The van der Waals surface area contributed by atoms with Crippen LogP contribution in [0.1, 0.15) is 0 Å². The van der Waals surface area contributed by atoms with Crippen LogP contribution in [0.25, 0.3) is 11.2 Å². The standard InChI is InChI=1S/C13H14N6O/c20-7-6-14-11-10-12(16-8-15-10)19-13(18-11)17-9-4-2-1-3-5-9/h1-5,8,20H,6-7H2,(H3,14,15,16,17,18,19). The second-order valence-corrected chi connectivity index (χ2v) is 4.14. The lowest BCUT2D eigenvalue weighted by Crippen LogP contribution is -2.09. The number of aliphatic hydroxyl groups excluding tert-OH is 1. The van der Waals surface area contributed by atoms with E-state index in [4.69, 9.17) is 5.11 Å². The fourth-order valence-electron chi connectivity index (χ4n) is 1.84. The third-order valence-corrected chi connectivity index (χ3v) is 2.72. The highest BCUT2D eigenvalue weighted by molar-refractivity contribution is 5.84. The highest BCUT2D eigenvalue weighted by atomic mass is 16.3. The smallest absolute Gasteiger partial charge is 0.231 e. The molecule has 0 unspecified atom stereocenters. The number of anilines is 3. The monoisotopic (exact) mass is 270 g/mol. The molecule has 0 spiro atoms. The molecule has 20 heavy (non-hydrogen) atoms. The van der Waals surface area contributed by atoms with E-state index in [1.54, 1.807) is 6.33 Å². The molecular formula is C13H14N6O. The Morgan fingerprint density at radius 2 is 2.00 bits per heavy atom. The van der Waals surface area contributed by atoms with Gasteiger partial charge in [0.25, 0.3) is 0 Å². The number of benzene rings is 1. The number of aromatic amines is 1. The minimum Gasteiger partial charge on any atom is -0.395 e.